The summed E-state index contributed by atoms with van der Waals surface area (Å²) in [5.74, 6) is -0.368. The van der Waals surface area contributed by atoms with Crippen LogP contribution in [0.1, 0.15) is 21.5 Å². The van der Waals surface area contributed by atoms with Crippen molar-refractivity contribution in [1.82, 2.24) is 5.32 Å². The predicted molar refractivity (Wildman–Crippen MR) is 129 cm³/mol. The molecule has 0 aromatic heterocycles. The lowest BCUT2D eigenvalue weighted by Crippen LogP contribution is -2.25. The highest BCUT2D eigenvalue weighted by Crippen LogP contribution is 2.36. The van der Waals surface area contributed by atoms with Gasteiger partial charge in [0.15, 0.2) is 0 Å². The van der Waals surface area contributed by atoms with Gasteiger partial charge in [0.2, 0.25) is 10.0 Å². The molecule has 0 bridgehead atoms. The minimum absolute atomic E-state index is 0.00288. The number of benzene rings is 3. The summed E-state index contributed by atoms with van der Waals surface area (Å²) in [6.45, 7) is 0.289. The first-order valence-corrected chi connectivity index (χ1v) is 12.2. The first-order chi connectivity index (χ1) is 16.8. The fourth-order valence-electron chi connectivity index (χ4n) is 3.09. The van der Waals surface area contributed by atoms with Gasteiger partial charge < -0.3 is 16.0 Å². The molecule has 0 saturated carbocycles. The van der Waals surface area contributed by atoms with Crippen LogP contribution in [0.25, 0.3) is 0 Å². The van der Waals surface area contributed by atoms with Crippen LogP contribution in [-0.4, -0.2) is 26.9 Å². The van der Waals surface area contributed by atoms with Crippen LogP contribution in [0.3, 0.4) is 0 Å². The number of hydrogen-bond acceptors (Lipinski definition) is 4. The van der Waals surface area contributed by atoms with Crippen LogP contribution in [0.15, 0.2) is 71.6 Å². The van der Waals surface area contributed by atoms with Crippen LogP contribution < -0.4 is 21.1 Å². The molecule has 0 aliphatic rings. The number of anilines is 2. The number of sulfonamides is 1. The van der Waals surface area contributed by atoms with Gasteiger partial charge in [-0.15, -0.1) is 0 Å². The molecule has 5 N–H and O–H groups in total. The summed E-state index contributed by atoms with van der Waals surface area (Å²) in [4.78, 5) is 24.5. The van der Waals surface area contributed by atoms with Crippen LogP contribution in [0.5, 0.6) is 0 Å². The maximum atomic E-state index is 13.0. The summed E-state index contributed by atoms with van der Waals surface area (Å²) in [5, 5.41) is 12.0. The molecule has 0 saturated heterocycles. The summed E-state index contributed by atoms with van der Waals surface area (Å²) < 4.78 is 61.4. The Kier molecular flexibility index (Phi) is 8.23. The lowest BCUT2D eigenvalue weighted by molar-refractivity contribution is -0.137. The van der Waals surface area contributed by atoms with Crippen LogP contribution in [-0.2, 0) is 22.6 Å². The minimum atomic E-state index is -4.67. The Hall–Kier alpha value is -3.61. The molecule has 8 nitrogen and oxygen atoms in total. The summed E-state index contributed by atoms with van der Waals surface area (Å²) in [6, 6.07) is 14.1. The second kappa shape index (κ2) is 11.0. The number of carbonyl (C=O) groups is 2. The number of alkyl halides is 3. The molecular weight excluding hydrogens is 521 g/mol. The van der Waals surface area contributed by atoms with Gasteiger partial charge in [-0.25, -0.2) is 18.4 Å². The maximum Gasteiger partial charge on any atom is 0.417 e. The molecule has 0 unspecified atom stereocenters. The van der Waals surface area contributed by atoms with Crippen molar-refractivity contribution in [1.29, 1.82) is 0 Å². The number of amides is 3. The molecule has 0 spiro atoms. The van der Waals surface area contributed by atoms with Gasteiger partial charge in [-0.05, 0) is 66.6 Å². The highest BCUT2D eigenvalue weighted by Gasteiger charge is 2.33. The average molecular weight is 541 g/mol. The number of primary sulfonamides is 1. The van der Waals surface area contributed by atoms with E-state index in [4.69, 9.17) is 16.7 Å². The molecule has 3 amide bonds. The molecule has 0 atom stereocenters. The van der Waals surface area contributed by atoms with Crippen LogP contribution in [0.2, 0.25) is 5.02 Å². The Labute approximate surface area is 209 Å². The summed E-state index contributed by atoms with van der Waals surface area (Å²) in [6.07, 6.45) is -4.21. The van der Waals surface area contributed by atoms with E-state index in [9.17, 15) is 31.2 Å². The molecule has 13 heteroatoms. The van der Waals surface area contributed by atoms with Crippen molar-refractivity contribution in [2.75, 3.05) is 17.2 Å². The van der Waals surface area contributed by atoms with Gasteiger partial charge in [0, 0.05) is 23.5 Å². The van der Waals surface area contributed by atoms with Crippen LogP contribution in [0, 0.1) is 0 Å². The zero-order valence-electron chi connectivity index (χ0n) is 18.4. The molecule has 0 fully saturated rings. The quantitative estimate of drug-likeness (QED) is 0.348. The largest absolute Gasteiger partial charge is 0.417 e. The van der Waals surface area contributed by atoms with Crippen LogP contribution >= 0.6 is 11.6 Å². The van der Waals surface area contributed by atoms with Crippen molar-refractivity contribution in [3.63, 3.8) is 0 Å². The monoisotopic (exact) mass is 540 g/mol. The Morgan fingerprint density at radius 3 is 2.06 bits per heavy atom. The number of nitrogens with two attached hydrogens (primary N) is 1. The highest BCUT2D eigenvalue weighted by atomic mass is 35.5. The number of halogens is 4. The van der Waals surface area contributed by atoms with E-state index in [1.807, 2.05) is 0 Å². The Bertz CT molecular complexity index is 1360. The Morgan fingerprint density at radius 2 is 1.47 bits per heavy atom. The van der Waals surface area contributed by atoms with Crippen molar-refractivity contribution in [2.45, 2.75) is 17.5 Å². The second-order valence-corrected chi connectivity index (χ2v) is 9.51. The van der Waals surface area contributed by atoms with E-state index in [1.165, 1.54) is 42.5 Å². The Morgan fingerprint density at radius 1 is 0.889 bits per heavy atom. The third-order valence-electron chi connectivity index (χ3n) is 4.89. The molecule has 0 radical (unpaired) electrons. The minimum Gasteiger partial charge on any atom is -0.352 e. The normalized spacial score (nSPS) is 11.6. The van der Waals surface area contributed by atoms with E-state index in [2.05, 4.69) is 16.0 Å². The molecule has 0 aliphatic carbocycles. The first kappa shape index (κ1) is 27.0. The van der Waals surface area contributed by atoms with Crippen molar-refractivity contribution in [2.24, 2.45) is 5.14 Å². The molecule has 3 aromatic rings. The van der Waals surface area contributed by atoms with E-state index >= 15 is 0 Å². The first-order valence-electron chi connectivity index (χ1n) is 10.3. The fraction of sp³-hybridized carbons (Fsp3) is 0.130. The predicted octanol–water partition coefficient (Wildman–Crippen LogP) is 4.62. The molecule has 3 aromatic carbocycles. The van der Waals surface area contributed by atoms with E-state index in [0.29, 0.717) is 17.7 Å². The average Bonchev–Trinajstić information content (AvgIpc) is 2.79. The lowest BCUT2D eigenvalue weighted by atomic mass is 10.1. The van der Waals surface area contributed by atoms with Crippen molar-refractivity contribution in [3.8, 4) is 0 Å². The van der Waals surface area contributed by atoms with Gasteiger partial charge in [-0.1, -0.05) is 23.7 Å². The highest BCUT2D eigenvalue weighted by molar-refractivity contribution is 7.89. The third kappa shape index (κ3) is 7.44. The van der Waals surface area contributed by atoms with Crippen LogP contribution in [0.4, 0.5) is 29.3 Å². The van der Waals surface area contributed by atoms with Gasteiger partial charge >= 0.3 is 12.2 Å². The van der Waals surface area contributed by atoms with Crippen molar-refractivity contribution < 1.29 is 31.2 Å². The second-order valence-electron chi connectivity index (χ2n) is 7.54. The standard InChI is InChI=1S/C23H20ClF3N4O4S/c24-20-10-7-17(13-19(20)23(25,26)27)31-22(33)30-16-5-3-15(4-6-16)21(32)29-12-11-14-1-8-18(9-2-14)36(28,34)35/h1-10,13H,11-12H2,(H,29,32)(H2,28,34,35)(H2,30,31,33). The molecule has 190 valence electrons. The fourth-order valence-corrected chi connectivity index (χ4v) is 3.83. The van der Waals surface area contributed by atoms with E-state index in [1.54, 1.807) is 12.1 Å². The molecule has 0 aliphatic heterocycles. The maximum absolute atomic E-state index is 13.0. The van der Waals surface area contributed by atoms with Gasteiger partial charge in [-0.2, -0.15) is 13.2 Å². The van der Waals surface area contributed by atoms with Gasteiger partial charge in [0.1, 0.15) is 0 Å². The van der Waals surface area contributed by atoms with Gasteiger partial charge in [0.05, 0.1) is 15.5 Å². The molecule has 36 heavy (non-hydrogen) atoms. The molecule has 0 heterocycles. The zero-order valence-corrected chi connectivity index (χ0v) is 20.0. The number of hydrogen-bond donors (Lipinski definition) is 4. The van der Waals surface area contributed by atoms with Crippen molar-refractivity contribution >= 4 is 44.9 Å². The number of urea groups is 1. The van der Waals surface area contributed by atoms with E-state index < -0.39 is 32.8 Å². The molecule has 3 rings (SSSR count). The van der Waals surface area contributed by atoms with E-state index in [0.717, 1.165) is 17.7 Å². The summed E-state index contributed by atoms with van der Waals surface area (Å²) >= 11 is 5.57. The lowest BCUT2D eigenvalue weighted by Gasteiger charge is -2.12. The number of nitrogens with one attached hydrogen (secondary N) is 3. The summed E-state index contributed by atoms with van der Waals surface area (Å²) in [7, 11) is -3.77. The number of carbonyl (C=O) groups excluding carboxylic acids is 2. The zero-order chi connectivity index (χ0) is 26.5. The summed E-state index contributed by atoms with van der Waals surface area (Å²) in [5.41, 5.74) is 0.260. The van der Waals surface area contributed by atoms with Gasteiger partial charge in [-0.3, -0.25) is 4.79 Å². The van der Waals surface area contributed by atoms with E-state index in [-0.39, 0.29) is 23.0 Å². The van der Waals surface area contributed by atoms with Crippen molar-refractivity contribution in [3.05, 3.63) is 88.4 Å². The topological polar surface area (TPSA) is 130 Å². The third-order valence-corrected chi connectivity index (χ3v) is 6.14. The number of rotatable bonds is 7. The smallest absolute Gasteiger partial charge is 0.352 e. The SMILES string of the molecule is NS(=O)(=O)c1ccc(CCNC(=O)c2ccc(NC(=O)Nc3ccc(Cl)c(C(F)(F)F)c3)cc2)cc1. The Balaban J connectivity index is 1.51. The molecular formula is C23H20ClF3N4O4S. The van der Waals surface area contributed by atoms with Gasteiger partial charge in [0.25, 0.3) is 5.91 Å².